The van der Waals surface area contributed by atoms with Crippen LogP contribution in [0.25, 0.3) is 0 Å². The maximum Gasteiger partial charge on any atom is 0.320 e. The molecule has 0 radical (unpaired) electrons. The van der Waals surface area contributed by atoms with Crippen LogP contribution in [0.1, 0.15) is 38.8 Å². The number of halogens is 1. The summed E-state index contributed by atoms with van der Waals surface area (Å²) < 4.78 is 12.9. The van der Waals surface area contributed by atoms with E-state index in [9.17, 15) is 14.3 Å². The van der Waals surface area contributed by atoms with Crippen LogP contribution in [0.2, 0.25) is 0 Å². The van der Waals surface area contributed by atoms with Crippen molar-refractivity contribution < 1.29 is 19.4 Å². The fraction of sp³-hybridized carbons (Fsp3) is 0.500. The molecule has 2 atom stereocenters. The van der Waals surface area contributed by atoms with Crippen molar-refractivity contribution in [3.05, 3.63) is 29.6 Å². The molecule has 0 aromatic heterocycles. The lowest BCUT2D eigenvalue weighted by atomic mass is 10.0. The van der Waals surface area contributed by atoms with E-state index in [1.54, 1.807) is 6.92 Å². The molecule has 0 fully saturated rings. The lowest BCUT2D eigenvalue weighted by Crippen LogP contribution is -2.39. The molecule has 0 heterocycles. The lowest BCUT2D eigenvalue weighted by Gasteiger charge is -2.22. The van der Waals surface area contributed by atoms with E-state index < -0.39 is 17.8 Å². The summed E-state index contributed by atoms with van der Waals surface area (Å²) in [7, 11) is 0. The number of carboxylic acid groups (broad SMARTS) is 1. The molecule has 0 saturated carbocycles. The van der Waals surface area contributed by atoms with Crippen LogP contribution in [0, 0.1) is 11.7 Å². The zero-order valence-electron chi connectivity index (χ0n) is 11.4. The second-order valence-electron chi connectivity index (χ2n) is 5.11. The molecule has 5 heteroatoms. The maximum absolute atomic E-state index is 12.9. The number of benzene rings is 1. The number of hydrogen-bond acceptors (Lipinski definition) is 3. The number of carbonyl (C=O) groups is 1. The number of nitrogens with one attached hydrogen (secondary N) is 1. The highest BCUT2D eigenvalue weighted by molar-refractivity contribution is 5.73. The van der Waals surface area contributed by atoms with Gasteiger partial charge in [-0.1, -0.05) is 19.9 Å². The van der Waals surface area contributed by atoms with Crippen LogP contribution < -0.4 is 5.32 Å². The molecular formula is C14H20FNO3. The number of carboxylic acids is 1. The summed E-state index contributed by atoms with van der Waals surface area (Å²) in [4.78, 5) is 11.2. The molecule has 0 saturated heterocycles. The second kappa shape index (κ2) is 6.52. The summed E-state index contributed by atoms with van der Waals surface area (Å²) in [5, 5.41) is 21.8. The number of phenolic OH excluding ortho intramolecular Hbond substituents is 1. The van der Waals surface area contributed by atoms with Crippen LogP contribution in [0.4, 0.5) is 4.39 Å². The molecule has 2 unspecified atom stereocenters. The first-order valence-corrected chi connectivity index (χ1v) is 6.28. The van der Waals surface area contributed by atoms with Crippen molar-refractivity contribution in [2.24, 2.45) is 5.92 Å². The number of phenols is 1. The van der Waals surface area contributed by atoms with Gasteiger partial charge in [-0.25, -0.2) is 4.39 Å². The number of hydrogen-bond donors (Lipinski definition) is 3. The molecular weight excluding hydrogens is 249 g/mol. The normalized spacial score (nSPS) is 14.4. The first kappa shape index (κ1) is 15.4. The van der Waals surface area contributed by atoms with Crippen molar-refractivity contribution in [3.63, 3.8) is 0 Å². The van der Waals surface area contributed by atoms with Gasteiger partial charge in [0.25, 0.3) is 0 Å². The minimum absolute atomic E-state index is 0.173. The Morgan fingerprint density at radius 2 is 2.00 bits per heavy atom. The molecule has 0 amide bonds. The van der Waals surface area contributed by atoms with Crippen LogP contribution in [-0.4, -0.2) is 22.2 Å². The Morgan fingerprint density at radius 1 is 1.37 bits per heavy atom. The lowest BCUT2D eigenvalue weighted by molar-refractivity contribution is -0.140. The fourth-order valence-electron chi connectivity index (χ4n) is 1.99. The highest BCUT2D eigenvalue weighted by Gasteiger charge is 2.22. The quantitative estimate of drug-likeness (QED) is 0.742. The van der Waals surface area contributed by atoms with E-state index in [2.05, 4.69) is 5.32 Å². The maximum atomic E-state index is 12.9. The summed E-state index contributed by atoms with van der Waals surface area (Å²) in [6, 6.07) is 2.65. The largest absolute Gasteiger partial charge is 0.508 e. The molecule has 0 aliphatic heterocycles. The van der Waals surface area contributed by atoms with E-state index >= 15 is 0 Å². The summed E-state index contributed by atoms with van der Waals surface area (Å²) in [5.41, 5.74) is 0.483. The standard InChI is InChI=1S/C14H20FNO3/c1-8(2)6-12(14(18)19)16-9(3)11-5-4-10(15)7-13(11)17/h4-5,7-9,12,16-17H,6H2,1-3H3,(H,18,19). The minimum Gasteiger partial charge on any atom is -0.508 e. The number of rotatable bonds is 6. The zero-order valence-corrected chi connectivity index (χ0v) is 11.4. The van der Waals surface area contributed by atoms with Crippen molar-refractivity contribution in [2.45, 2.75) is 39.3 Å². The smallest absolute Gasteiger partial charge is 0.320 e. The molecule has 19 heavy (non-hydrogen) atoms. The predicted molar refractivity (Wildman–Crippen MR) is 70.5 cm³/mol. The Morgan fingerprint density at radius 3 is 2.47 bits per heavy atom. The van der Waals surface area contributed by atoms with Gasteiger partial charge in [0.05, 0.1) is 0 Å². The van der Waals surface area contributed by atoms with Crippen molar-refractivity contribution >= 4 is 5.97 Å². The molecule has 3 N–H and O–H groups in total. The van der Waals surface area contributed by atoms with Gasteiger partial charge in [0, 0.05) is 17.7 Å². The Hall–Kier alpha value is -1.62. The summed E-state index contributed by atoms with van der Waals surface area (Å²) >= 11 is 0. The van der Waals surface area contributed by atoms with Crippen molar-refractivity contribution in [2.75, 3.05) is 0 Å². The van der Waals surface area contributed by atoms with Gasteiger partial charge in [0.2, 0.25) is 0 Å². The number of aromatic hydroxyl groups is 1. The van der Waals surface area contributed by atoms with E-state index in [1.807, 2.05) is 13.8 Å². The Balaban J connectivity index is 2.81. The van der Waals surface area contributed by atoms with Gasteiger partial charge >= 0.3 is 5.97 Å². The van der Waals surface area contributed by atoms with Crippen LogP contribution in [0.5, 0.6) is 5.75 Å². The second-order valence-corrected chi connectivity index (χ2v) is 5.11. The van der Waals surface area contributed by atoms with E-state index in [1.165, 1.54) is 12.1 Å². The molecule has 1 aromatic rings. The average molecular weight is 269 g/mol. The zero-order chi connectivity index (χ0) is 14.6. The number of aliphatic carboxylic acids is 1. The van der Waals surface area contributed by atoms with Gasteiger partial charge in [-0.3, -0.25) is 10.1 Å². The summed E-state index contributed by atoms with van der Waals surface area (Å²) in [5.74, 6) is -1.39. The van der Waals surface area contributed by atoms with Crippen LogP contribution >= 0.6 is 0 Å². The van der Waals surface area contributed by atoms with Crippen LogP contribution in [0.15, 0.2) is 18.2 Å². The van der Waals surface area contributed by atoms with Crippen LogP contribution in [0.3, 0.4) is 0 Å². The van der Waals surface area contributed by atoms with Gasteiger partial charge in [-0.05, 0) is 25.3 Å². The van der Waals surface area contributed by atoms with Gasteiger partial charge in [0.15, 0.2) is 0 Å². The van der Waals surface area contributed by atoms with E-state index in [-0.39, 0.29) is 17.7 Å². The van der Waals surface area contributed by atoms with E-state index in [4.69, 9.17) is 5.11 Å². The molecule has 1 aromatic carbocycles. The highest BCUT2D eigenvalue weighted by atomic mass is 19.1. The fourth-order valence-corrected chi connectivity index (χ4v) is 1.99. The first-order chi connectivity index (χ1) is 8.81. The Labute approximate surface area is 112 Å². The van der Waals surface area contributed by atoms with Gasteiger partial charge < -0.3 is 10.2 Å². The van der Waals surface area contributed by atoms with Gasteiger partial charge in [0.1, 0.15) is 17.6 Å². The minimum atomic E-state index is -0.929. The molecule has 106 valence electrons. The third kappa shape index (κ3) is 4.52. The Kier molecular flexibility index (Phi) is 5.30. The molecule has 1 rings (SSSR count). The summed E-state index contributed by atoms with van der Waals surface area (Å²) in [6.07, 6.45) is 0.488. The molecule has 4 nitrogen and oxygen atoms in total. The first-order valence-electron chi connectivity index (χ1n) is 6.28. The predicted octanol–water partition coefficient (Wildman–Crippen LogP) is 2.68. The molecule has 0 aliphatic rings. The van der Waals surface area contributed by atoms with Gasteiger partial charge in [-0.2, -0.15) is 0 Å². The molecule has 0 bridgehead atoms. The monoisotopic (exact) mass is 269 g/mol. The van der Waals surface area contributed by atoms with Gasteiger partial charge in [-0.15, -0.1) is 0 Å². The SMILES string of the molecule is CC(C)CC(NC(C)c1ccc(F)cc1O)C(=O)O. The van der Waals surface area contributed by atoms with E-state index in [0.29, 0.717) is 12.0 Å². The molecule has 0 spiro atoms. The summed E-state index contributed by atoms with van der Waals surface area (Å²) in [6.45, 7) is 5.62. The van der Waals surface area contributed by atoms with Crippen LogP contribution in [-0.2, 0) is 4.79 Å². The Bertz CT molecular complexity index is 448. The highest BCUT2D eigenvalue weighted by Crippen LogP contribution is 2.25. The van der Waals surface area contributed by atoms with Crippen molar-refractivity contribution in [1.82, 2.24) is 5.32 Å². The molecule has 0 aliphatic carbocycles. The topological polar surface area (TPSA) is 69.6 Å². The van der Waals surface area contributed by atoms with E-state index in [0.717, 1.165) is 6.07 Å². The average Bonchev–Trinajstić information content (AvgIpc) is 2.26. The van der Waals surface area contributed by atoms with Crippen molar-refractivity contribution in [3.8, 4) is 5.75 Å². The third-order valence-electron chi connectivity index (χ3n) is 2.92. The third-order valence-corrected chi connectivity index (χ3v) is 2.92. The van der Waals surface area contributed by atoms with Crippen molar-refractivity contribution in [1.29, 1.82) is 0 Å².